The molecule has 4 rings (SSSR count). The molecule has 1 N–H and O–H groups in total. The maximum Gasteiger partial charge on any atom is 0.407 e. The van der Waals surface area contributed by atoms with Gasteiger partial charge in [0.25, 0.3) is 0 Å². The van der Waals surface area contributed by atoms with E-state index in [-0.39, 0.29) is 12.2 Å². The van der Waals surface area contributed by atoms with Gasteiger partial charge in [0, 0.05) is 22.0 Å². The van der Waals surface area contributed by atoms with Gasteiger partial charge < -0.3 is 14.8 Å². The number of hydrogen-bond acceptors (Lipinski definition) is 6. The van der Waals surface area contributed by atoms with Crippen molar-refractivity contribution in [2.75, 3.05) is 18.9 Å². The number of nitrogens with zero attached hydrogens (tertiary/aromatic N) is 3. The molecule has 0 unspecified atom stereocenters. The lowest BCUT2D eigenvalue weighted by molar-refractivity contribution is 0.150. The Morgan fingerprint density at radius 3 is 2.62 bits per heavy atom. The first-order valence-electron chi connectivity index (χ1n) is 9.16. The van der Waals surface area contributed by atoms with Crippen LogP contribution < -0.4 is 10.1 Å². The number of nitrogens with one attached hydrogen (secondary N) is 1. The van der Waals surface area contributed by atoms with E-state index < -0.39 is 0 Å². The van der Waals surface area contributed by atoms with Crippen molar-refractivity contribution in [1.29, 1.82) is 0 Å². The molecule has 2 heterocycles. The van der Waals surface area contributed by atoms with Gasteiger partial charge in [-0.2, -0.15) is 0 Å². The molecule has 150 valence electrons. The zero-order chi connectivity index (χ0) is 20.2. The Morgan fingerprint density at radius 2 is 1.97 bits per heavy atom. The van der Waals surface area contributed by atoms with Gasteiger partial charge in [-0.15, -0.1) is 10.2 Å². The lowest BCUT2D eigenvalue weighted by atomic mass is 10.2. The van der Waals surface area contributed by atoms with Crippen LogP contribution >= 0.6 is 23.4 Å². The molecule has 0 aliphatic carbocycles. The van der Waals surface area contributed by atoms with Crippen molar-refractivity contribution < 1.29 is 14.3 Å². The number of benzene rings is 2. The lowest BCUT2D eigenvalue weighted by Crippen LogP contribution is -2.17. The van der Waals surface area contributed by atoms with Gasteiger partial charge in [0.15, 0.2) is 11.0 Å². The van der Waals surface area contributed by atoms with Gasteiger partial charge in [-0.1, -0.05) is 23.4 Å². The third-order valence-electron chi connectivity index (χ3n) is 4.29. The Labute approximate surface area is 177 Å². The quantitative estimate of drug-likeness (QED) is 0.566. The van der Waals surface area contributed by atoms with Crippen LogP contribution in [0.15, 0.2) is 53.7 Å². The monoisotopic (exact) mass is 430 g/mol. The van der Waals surface area contributed by atoms with E-state index >= 15 is 0 Å². The molecule has 7 nitrogen and oxygen atoms in total. The second-order valence-electron chi connectivity index (χ2n) is 6.29. The van der Waals surface area contributed by atoms with E-state index in [9.17, 15) is 4.79 Å². The number of halogens is 1. The molecule has 1 aliphatic rings. The highest BCUT2D eigenvalue weighted by molar-refractivity contribution is 7.99. The van der Waals surface area contributed by atoms with Crippen LogP contribution in [0.2, 0.25) is 5.02 Å². The zero-order valence-corrected chi connectivity index (χ0v) is 17.2. The molecule has 9 heteroatoms. The topological polar surface area (TPSA) is 78.3 Å². The summed E-state index contributed by atoms with van der Waals surface area (Å²) in [6, 6.07) is 15.2. The van der Waals surface area contributed by atoms with Crippen molar-refractivity contribution in [2.24, 2.45) is 0 Å². The Bertz CT molecular complexity index is 992. The van der Waals surface area contributed by atoms with Crippen LogP contribution in [0.4, 0.5) is 4.79 Å². The fraction of sp³-hybridized carbons (Fsp3) is 0.250. The van der Waals surface area contributed by atoms with Gasteiger partial charge in [-0.05, 0) is 55.5 Å². The van der Waals surface area contributed by atoms with Gasteiger partial charge >= 0.3 is 6.09 Å². The van der Waals surface area contributed by atoms with Crippen molar-refractivity contribution in [1.82, 2.24) is 20.1 Å². The summed E-state index contributed by atoms with van der Waals surface area (Å²) in [6.45, 7) is 3.05. The molecule has 0 spiro atoms. The lowest BCUT2D eigenvalue weighted by Gasteiger charge is -2.12. The van der Waals surface area contributed by atoms with E-state index in [4.69, 9.17) is 21.1 Å². The minimum atomic E-state index is -0.384. The normalized spacial score (nSPS) is 15.8. The highest BCUT2D eigenvalue weighted by Crippen LogP contribution is 2.30. The number of alkyl carbamates (subject to hydrolysis) is 1. The number of rotatable bonds is 7. The number of thioether (sulfide) groups is 1. The Hall–Kier alpha value is -2.71. The van der Waals surface area contributed by atoms with Crippen LogP contribution in [-0.2, 0) is 4.74 Å². The van der Waals surface area contributed by atoms with E-state index in [2.05, 4.69) is 15.5 Å². The maximum absolute atomic E-state index is 11.3. The summed E-state index contributed by atoms with van der Waals surface area (Å²) in [4.78, 5) is 11.3. The molecule has 29 heavy (non-hydrogen) atoms. The summed E-state index contributed by atoms with van der Waals surface area (Å²) < 4.78 is 12.7. The number of amides is 1. The molecule has 0 saturated carbocycles. The number of carbonyl (C=O) groups is 1. The molecule has 2 aromatic carbocycles. The molecule has 1 saturated heterocycles. The predicted molar refractivity (Wildman–Crippen MR) is 112 cm³/mol. The highest BCUT2D eigenvalue weighted by atomic mass is 35.5. The minimum Gasteiger partial charge on any atom is -0.494 e. The molecule has 1 aliphatic heterocycles. The van der Waals surface area contributed by atoms with E-state index in [1.165, 1.54) is 11.8 Å². The van der Waals surface area contributed by atoms with Crippen molar-refractivity contribution >= 4 is 29.5 Å². The number of aromatic nitrogens is 3. The first-order chi connectivity index (χ1) is 14.1. The summed E-state index contributed by atoms with van der Waals surface area (Å²) in [6.07, 6.45) is -0.581. The van der Waals surface area contributed by atoms with E-state index in [0.29, 0.717) is 34.9 Å². The van der Waals surface area contributed by atoms with Crippen LogP contribution in [0.1, 0.15) is 6.92 Å². The Balaban J connectivity index is 1.67. The highest BCUT2D eigenvalue weighted by Gasteiger charge is 2.24. The predicted octanol–water partition coefficient (Wildman–Crippen LogP) is 4.19. The second-order valence-corrected chi connectivity index (χ2v) is 7.72. The number of ether oxygens (including phenoxy) is 2. The van der Waals surface area contributed by atoms with Crippen LogP contribution in [-0.4, -0.2) is 45.9 Å². The van der Waals surface area contributed by atoms with Gasteiger partial charge in [0.1, 0.15) is 11.9 Å². The molecule has 0 radical (unpaired) electrons. The van der Waals surface area contributed by atoms with Crippen molar-refractivity contribution in [3.05, 3.63) is 53.6 Å². The summed E-state index contributed by atoms with van der Waals surface area (Å²) in [5.41, 5.74) is 1.81. The second kappa shape index (κ2) is 8.75. The summed E-state index contributed by atoms with van der Waals surface area (Å²) in [7, 11) is 0. The van der Waals surface area contributed by atoms with Crippen LogP contribution in [0.3, 0.4) is 0 Å². The Morgan fingerprint density at radius 1 is 1.21 bits per heavy atom. The van der Waals surface area contributed by atoms with Crippen LogP contribution in [0.5, 0.6) is 5.75 Å². The first-order valence-corrected chi connectivity index (χ1v) is 10.5. The fourth-order valence-corrected chi connectivity index (χ4v) is 4.00. The van der Waals surface area contributed by atoms with Crippen LogP contribution in [0.25, 0.3) is 17.1 Å². The maximum atomic E-state index is 11.3. The first kappa shape index (κ1) is 19.6. The number of carbonyl (C=O) groups excluding carboxylic acids is 1. The molecule has 1 aromatic heterocycles. The molecule has 1 fully saturated rings. The summed E-state index contributed by atoms with van der Waals surface area (Å²) in [5.74, 6) is 2.08. The standard InChI is InChI=1S/C20H19ClN4O3S/c1-2-27-16-9-7-15(8-10-16)25-18(13-3-5-14(21)6-4-13)23-24-19(25)29-12-17-11-22-20(26)28-17/h3-10,17H,2,11-12H2,1H3,(H,22,26)/t17-/m0/s1. The van der Waals surface area contributed by atoms with Crippen molar-refractivity contribution in [3.63, 3.8) is 0 Å². The molecular weight excluding hydrogens is 412 g/mol. The van der Waals surface area contributed by atoms with E-state index in [0.717, 1.165) is 17.0 Å². The molecule has 0 bridgehead atoms. The van der Waals surface area contributed by atoms with Crippen LogP contribution in [0, 0.1) is 0 Å². The van der Waals surface area contributed by atoms with Gasteiger partial charge in [-0.3, -0.25) is 4.57 Å². The summed E-state index contributed by atoms with van der Waals surface area (Å²) >= 11 is 7.52. The van der Waals surface area contributed by atoms with Gasteiger partial charge in [0.2, 0.25) is 0 Å². The largest absolute Gasteiger partial charge is 0.494 e. The van der Waals surface area contributed by atoms with E-state index in [1.54, 1.807) is 0 Å². The third-order valence-corrected chi connectivity index (χ3v) is 5.60. The SMILES string of the molecule is CCOc1ccc(-n2c(SC[C@@H]3CNC(=O)O3)nnc2-c2ccc(Cl)cc2)cc1. The van der Waals surface area contributed by atoms with Crippen molar-refractivity contribution in [3.8, 4) is 22.8 Å². The minimum absolute atomic E-state index is 0.197. The fourth-order valence-electron chi connectivity index (χ4n) is 2.93. The number of hydrogen-bond donors (Lipinski definition) is 1. The number of cyclic esters (lactones) is 1. The average molecular weight is 431 g/mol. The molecule has 1 amide bonds. The molecule has 3 aromatic rings. The Kier molecular flexibility index (Phi) is 5.92. The molecular formula is C20H19ClN4O3S. The smallest absolute Gasteiger partial charge is 0.407 e. The van der Waals surface area contributed by atoms with E-state index in [1.807, 2.05) is 60.0 Å². The third kappa shape index (κ3) is 4.49. The van der Waals surface area contributed by atoms with Gasteiger partial charge in [0.05, 0.1) is 13.2 Å². The summed E-state index contributed by atoms with van der Waals surface area (Å²) in [5, 5.41) is 12.8. The van der Waals surface area contributed by atoms with Crippen molar-refractivity contribution in [2.45, 2.75) is 18.2 Å². The van der Waals surface area contributed by atoms with Gasteiger partial charge in [-0.25, -0.2) is 4.79 Å². The zero-order valence-electron chi connectivity index (χ0n) is 15.7. The molecule has 1 atom stereocenters. The average Bonchev–Trinajstić information content (AvgIpc) is 3.34.